The number of nitrogens with zero attached hydrogens (tertiary/aromatic N) is 1. The van der Waals surface area contributed by atoms with E-state index in [1.54, 1.807) is 20.3 Å². The highest BCUT2D eigenvalue weighted by Gasteiger charge is 2.32. The van der Waals surface area contributed by atoms with Crippen LogP contribution in [0.2, 0.25) is 0 Å². The summed E-state index contributed by atoms with van der Waals surface area (Å²) in [5.41, 5.74) is 2.43. The second-order valence-corrected chi connectivity index (χ2v) is 6.85. The first-order valence-corrected chi connectivity index (χ1v) is 9.40. The monoisotopic (exact) mass is 382 g/mol. The maximum absolute atomic E-state index is 12.8. The van der Waals surface area contributed by atoms with Crippen LogP contribution >= 0.6 is 0 Å². The number of carbonyl (C=O) groups is 2. The lowest BCUT2D eigenvalue weighted by molar-refractivity contribution is -0.131. The molecule has 1 aliphatic rings. The number of amides is 2. The number of carbonyl (C=O) groups excluding carboxylic acids is 2. The Balaban J connectivity index is 1.70. The van der Waals surface area contributed by atoms with Crippen molar-refractivity contribution in [3.05, 3.63) is 59.2 Å². The van der Waals surface area contributed by atoms with Crippen molar-refractivity contribution in [1.82, 2.24) is 10.2 Å². The minimum Gasteiger partial charge on any atom is -0.497 e. The number of benzene rings is 2. The summed E-state index contributed by atoms with van der Waals surface area (Å²) < 4.78 is 10.8. The van der Waals surface area contributed by atoms with Crippen molar-refractivity contribution in [3.8, 4) is 11.5 Å². The molecular weight excluding hydrogens is 356 g/mol. The van der Waals surface area contributed by atoms with Gasteiger partial charge in [0.1, 0.15) is 11.5 Å². The quantitative estimate of drug-likeness (QED) is 0.834. The molecule has 2 aromatic rings. The van der Waals surface area contributed by atoms with Crippen LogP contribution in [0.5, 0.6) is 11.5 Å². The summed E-state index contributed by atoms with van der Waals surface area (Å²) in [6, 6.07) is 12.9. The SMILES string of the molecule is COc1ccc(C2CCCN2C(=O)CNC(=O)c2ccccc2C)c(OC)c1. The Morgan fingerprint density at radius 1 is 1.14 bits per heavy atom. The van der Waals surface area contributed by atoms with E-state index in [0.29, 0.717) is 23.6 Å². The summed E-state index contributed by atoms with van der Waals surface area (Å²) >= 11 is 0. The average molecular weight is 382 g/mol. The summed E-state index contributed by atoms with van der Waals surface area (Å²) in [6.45, 7) is 2.52. The van der Waals surface area contributed by atoms with Gasteiger partial charge in [0.05, 0.1) is 26.8 Å². The number of methoxy groups -OCH3 is 2. The number of rotatable bonds is 6. The van der Waals surface area contributed by atoms with E-state index in [0.717, 1.165) is 24.0 Å². The molecule has 1 atom stereocenters. The zero-order valence-corrected chi connectivity index (χ0v) is 16.5. The summed E-state index contributed by atoms with van der Waals surface area (Å²) in [7, 11) is 3.22. The summed E-state index contributed by atoms with van der Waals surface area (Å²) in [6.07, 6.45) is 1.78. The Bertz CT molecular complexity index is 865. The van der Waals surface area contributed by atoms with E-state index in [1.807, 2.05) is 48.2 Å². The predicted octanol–water partition coefficient (Wildman–Crippen LogP) is 3.11. The number of aryl methyl sites for hydroxylation is 1. The first-order valence-electron chi connectivity index (χ1n) is 9.40. The van der Waals surface area contributed by atoms with Crippen molar-refractivity contribution in [1.29, 1.82) is 0 Å². The molecule has 0 radical (unpaired) electrons. The molecule has 1 saturated heterocycles. The minimum absolute atomic E-state index is 0.0257. The van der Waals surface area contributed by atoms with Crippen molar-refractivity contribution in [3.63, 3.8) is 0 Å². The van der Waals surface area contributed by atoms with E-state index in [2.05, 4.69) is 5.32 Å². The van der Waals surface area contributed by atoms with Crippen molar-refractivity contribution in [2.75, 3.05) is 27.3 Å². The number of nitrogens with one attached hydrogen (secondary N) is 1. The molecular formula is C22H26N2O4. The smallest absolute Gasteiger partial charge is 0.251 e. The predicted molar refractivity (Wildman–Crippen MR) is 107 cm³/mol. The highest BCUT2D eigenvalue weighted by molar-refractivity contribution is 5.97. The Morgan fingerprint density at radius 3 is 2.64 bits per heavy atom. The highest BCUT2D eigenvalue weighted by Crippen LogP contribution is 2.38. The second kappa shape index (κ2) is 8.78. The summed E-state index contributed by atoms with van der Waals surface area (Å²) in [4.78, 5) is 27.0. The fourth-order valence-electron chi connectivity index (χ4n) is 3.66. The van der Waals surface area contributed by atoms with Crippen LogP contribution in [0, 0.1) is 6.92 Å². The van der Waals surface area contributed by atoms with Crippen LogP contribution in [0.3, 0.4) is 0 Å². The van der Waals surface area contributed by atoms with Gasteiger partial charge in [-0.25, -0.2) is 0 Å². The molecule has 2 amide bonds. The number of ether oxygens (including phenoxy) is 2. The van der Waals surface area contributed by atoms with Gasteiger partial charge in [-0.1, -0.05) is 18.2 Å². The molecule has 6 nitrogen and oxygen atoms in total. The van der Waals surface area contributed by atoms with Crippen LogP contribution in [0.4, 0.5) is 0 Å². The van der Waals surface area contributed by atoms with Gasteiger partial charge in [-0.15, -0.1) is 0 Å². The van der Waals surface area contributed by atoms with Gasteiger partial charge < -0.3 is 19.7 Å². The van der Waals surface area contributed by atoms with E-state index in [-0.39, 0.29) is 24.4 Å². The van der Waals surface area contributed by atoms with Crippen LogP contribution < -0.4 is 14.8 Å². The lowest BCUT2D eigenvalue weighted by atomic mass is 10.0. The van der Waals surface area contributed by atoms with Crippen LogP contribution in [-0.4, -0.2) is 44.0 Å². The molecule has 3 rings (SSSR count). The Hall–Kier alpha value is -3.02. The lowest BCUT2D eigenvalue weighted by Gasteiger charge is -2.26. The molecule has 1 aliphatic heterocycles. The van der Waals surface area contributed by atoms with Crippen LogP contribution in [-0.2, 0) is 4.79 Å². The molecule has 1 heterocycles. The molecule has 0 saturated carbocycles. The third kappa shape index (κ3) is 4.11. The van der Waals surface area contributed by atoms with Crippen molar-refractivity contribution in [2.24, 2.45) is 0 Å². The third-order valence-corrected chi connectivity index (χ3v) is 5.16. The highest BCUT2D eigenvalue weighted by atomic mass is 16.5. The fourth-order valence-corrected chi connectivity index (χ4v) is 3.66. The number of likely N-dealkylation sites (tertiary alicyclic amines) is 1. The molecule has 148 valence electrons. The van der Waals surface area contributed by atoms with Crippen LogP contribution in [0.1, 0.15) is 40.4 Å². The number of hydrogen-bond donors (Lipinski definition) is 1. The van der Waals surface area contributed by atoms with Gasteiger partial charge >= 0.3 is 0 Å². The maximum Gasteiger partial charge on any atom is 0.251 e. The van der Waals surface area contributed by atoms with Crippen molar-refractivity contribution in [2.45, 2.75) is 25.8 Å². The lowest BCUT2D eigenvalue weighted by Crippen LogP contribution is -2.40. The zero-order valence-electron chi connectivity index (χ0n) is 16.5. The van der Waals surface area contributed by atoms with Crippen LogP contribution in [0.15, 0.2) is 42.5 Å². The first-order chi connectivity index (χ1) is 13.5. The van der Waals surface area contributed by atoms with Crippen molar-refractivity contribution >= 4 is 11.8 Å². The van der Waals surface area contributed by atoms with E-state index >= 15 is 0 Å². The fraction of sp³-hybridized carbons (Fsp3) is 0.364. The maximum atomic E-state index is 12.8. The molecule has 28 heavy (non-hydrogen) atoms. The van der Waals surface area contributed by atoms with E-state index < -0.39 is 0 Å². The molecule has 1 unspecified atom stereocenters. The van der Waals surface area contributed by atoms with Gasteiger partial charge in [0.2, 0.25) is 5.91 Å². The van der Waals surface area contributed by atoms with E-state index in [1.165, 1.54) is 0 Å². The van der Waals surface area contributed by atoms with E-state index in [9.17, 15) is 9.59 Å². The molecule has 6 heteroatoms. The van der Waals surface area contributed by atoms with Crippen LogP contribution in [0.25, 0.3) is 0 Å². The summed E-state index contributed by atoms with van der Waals surface area (Å²) in [5.74, 6) is 1.08. The van der Waals surface area contributed by atoms with Gasteiger partial charge in [0, 0.05) is 23.7 Å². The molecule has 1 N–H and O–H groups in total. The second-order valence-electron chi connectivity index (χ2n) is 6.85. The molecule has 2 aromatic carbocycles. The molecule has 0 aliphatic carbocycles. The molecule has 0 bridgehead atoms. The van der Waals surface area contributed by atoms with Gasteiger partial charge in [-0.05, 0) is 43.5 Å². The minimum atomic E-state index is -0.232. The standard InChI is InChI=1S/C22H26N2O4/c1-15-7-4-5-8-17(15)22(26)23-14-21(25)24-12-6-9-19(24)18-11-10-16(27-2)13-20(18)28-3/h4-5,7-8,10-11,13,19H,6,9,12,14H2,1-3H3,(H,23,26). The topological polar surface area (TPSA) is 67.9 Å². The summed E-state index contributed by atoms with van der Waals surface area (Å²) in [5, 5.41) is 2.75. The van der Waals surface area contributed by atoms with Gasteiger partial charge in [0.25, 0.3) is 5.91 Å². The third-order valence-electron chi connectivity index (χ3n) is 5.16. The Labute approximate surface area is 165 Å². The average Bonchev–Trinajstić information content (AvgIpc) is 3.21. The van der Waals surface area contributed by atoms with E-state index in [4.69, 9.17) is 9.47 Å². The molecule has 0 aromatic heterocycles. The Morgan fingerprint density at radius 2 is 1.93 bits per heavy atom. The molecule has 0 spiro atoms. The first kappa shape index (κ1) is 19.7. The normalized spacial score (nSPS) is 16.0. The van der Waals surface area contributed by atoms with Gasteiger partial charge in [-0.2, -0.15) is 0 Å². The molecule has 1 fully saturated rings. The zero-order chi connectivity index (χ0) is 20.1. The largest absolute Gasteiger partial charge is 0.497 e. The van der Waals surface area contributed by atoms with Gasteiger partial charge in [-0.3, -0.25) is 9.59 Å². The number of hydrogen-bond acceptors (Lipinski definition) is 4. The Kier molecular flexibility index (Phi) is 6.19. The van der Waals surface area contributed by atoms with Gasteiger partial charge in [0.15, 0.2) is 0 Å². The van der Waals surface area contributed by atoms with Crippen molar-refractivity contribution < 1.29 is 19.1 Å².